The van der Waals surface area contributed by atoms with Crippen molar-refractivity contribution in [3.8, 4) is 0 Å². The number of nitrogens with zero attached hydrogens (tertiary/aromatic N) is 4. The highest BCUT2D eigenvalue weighted by molar-refractivity contribution is 5.63. The van der Waals surface area contributed by atoms with Crippen LogP contribution in [0.25, 0.3) is 0 Å². The molecule has 4 saturated heterocycles. The van der Waals surface area contributed by atoms with Gasteiger partial charge in [-0.15, -0.1) is 0 Å². The van der Waals surface area contributed by atoms with E-state index in [1.807, 2.05) is 12.1 Å². The van der Waals surface area contributed by atoms with Crippen molar-refractivity contribution in [2.45, 2.75) is 38.1 Å². The third kappa shape index (κ3) is 7.03. The zero-order valence-corrected chi connectivity index (χ0v) is 25.6. The summed E-state index contributed by atoms with van der Waals surface area (Å²) in [7, 11) is 9.38. The monoisotopic (exact) mass is 551 g/mol. The van der Waals surface area contributed by atoms with Gasteiger partial charge >= 0.3 is 0 Å². The molecule has 220 valence electrons. The molecule has 0 radical (unpaired) electrons. The van der Waals surface area contributed by atoms with E-state index >= 15 is 0 Å². The van der Waals surface area contributed by atoms with E-state index in [0.29, 0.717) is 0 Å². The number of nitrogens with two attached hydrogens (primary N) is 2. The number of hydrogen-bond acceptors (Lipinski definition) is 5. The number of hydrazine groups is 1. The molecule has 1 unspecified atom stereocenters. The molecule has 4 aliphatic rings. The summed E-state index contributed by atoms with van der Waals surface area (Å²) in [5, 5.41) is 0. The summed E-state index contributed by atoms with van der Waals surface area (Å²) in [5.41, 5.74) is 25.9. The number of likely N-dealkylation sites (tertiary alicyclic amines) is 1. The van der Waals surface area contributed by atoms with Gasteiger partial charge in [0.1, 0.15) is 45.3 Å². The third-order valence-corrected chi connectivity index (χ3v) is 10.3. The predicted molar refractivity (Wildman–Crippen MR) is 169 cm³/mol. The summed E-state index contributed by atoms with van der Waals surface area (Å²) in [5.74, 6) is 0. The molecule has 4 aliphatic heterocycles. The van der Waals surface area contributed by atoms with E-state index in [2.05, 4.69) is 68.2 Å². The highest BCUT2D eigenvalue weighted by Crippen LogP contribution is 2.27. The van der Waals surface area contributed by atoms with E-state index in [-0.39, 0.29) is 0 Å². The molecule has 0 amide bonds. The number of piperazine rings is 3. The van der Waals surface area contributed by atoms with E-state index in [1.165, 1.54) is 91.8 Å². The van der Waals surface area contributed by atoms with Gasteiger partial charge < -0.3 is 35.8 Å². The van der Waals surface area contributed by atoms with Gasteiger partial charge in [-0.05, 0) is 73.3 Å². The Morgan fingerprint density at radius 1 is 0.875 bits per heavy atom. The maximum absolute atomic E-state index is 6.41. The first kappa shape index (κ1) is 29.0. The molecule has 4 heterocycles. The molecule has 1 atom stereocenters. The minimum Gasteiger partial charge on any atom is -0.399 e. The van der Waals surface area contributed by atoms with Crippen molar-refractivity contribution in [2.24, 2.45) is 0 Å². The normalized spacial score (nSPS) is 26.8. The second-order valence-corrected chi connectivity index (χ2v) is 14.2. The molecule has 4 fully saturated rings. The highest BCUT2D eigenvalue weighted by atomic mass is 15.5. The Labute approximate surface area is 242 Å². The smallest absolute Gasteiger partial charge is 0.129 e. The standard InChI is InChI=1S/C32H55N8/c1-38(2,3)30-13-15-37(25-30)14-5-7-27-23-28(33)9-12-32(27)36-35-29-10-11-31(34)26(24-29)8-6-16-40-20-17-39(4,18-21-40)19-22-40/h9-12,23-24,30,35-36H,5-8,13-22,25,33-34H2,1-4H3/q+3. The molecule has 6 rings (SSSR count). The molecule has 2 aromatic rings. The zero-order chi connectivity index (χ0) is 28.4. The van der Waals surface area contributed by atoms with Crippen molar-refractivity contribution in [1.29, 1.82) is 0 Å². The molecule has 8 heteroatoms. The molecule has 6 N–H and O–H groups in total. The summed E-state index contributed by atoms with van der Waals surface area (Å²) in [6, 6.07) is 13.3. The van der Waals surface area contributed by atoms with Gasteiger partial charge in [0.15, 0.2) is 0 Å². The Bertz CT molecular complexity index is 1130. The SMILES string of the molecule is C[N+]12CC[N+](CCCc3cc(NNc4ccc(N)cc4CCCN4CCC([N+](C)(C)C)C4)ccc3N)(CC1)CC2. The number of aryl methyl sites for hydroxylation is 2. The van der Waals surface area contributed by atoms with Gasteiger partial charge in [-0.1, -0.05) is 0 Å². The van der Waals surface area contributed by atoms with Gasteiger partial charge in [0.2, 0.25) is 0 Å². The molecular weight excluding hydrogens is 496 g/mol. The average molecular weight is 552 g/mol. The first-order valence-electron chi connectivity index (χ1n) is 15.5. The lowest BCUT2D eigenvalue weighted by molar-refractivity contribution is -1.07. The maximum Gasteiger partial charge on any atom is 0.129 e. The van der Waals surface area contributed by atoms with Gasteiger partial charge in [-0.2, -0.15) is 0 Å². The number of likely N-dealkylation sites (N-methyl/N-ethyl adjacent to an activating group) is 2. The van der Waals surface area contributed by atoms with Crippen LogP contribution in [0.3, 0.4) is 0 Å². The molecule has 8 nitrogen and oxygen atoms in total. The molecular formula is C32H55N8+3. The Balaban J connectivity index is 1.12. The number of nitrogens with one attached hydrogen (secondary N) is 2. The average Bonchev–Trinajstić information content (AvgIpc) is 3.41. The molecule has 0 aromatic heterocycles. The summed E-state index contributed by atoms with van der Waals surface area (Å²) in [6.45, 7) is 12.9. The van der Waals surface area contributed by atoms with Crippen LogP contribution >= 0.6 is 0 Å². The molecule has 0 saturated carbocycles. The zero-order valence-electron chi connectivity index (χ0n) is 25.6. The topological polar surface area (TPSA) is 79.3 Å². The van der Waals surface area contributed by atoms with Gasteiger partial charge in [0.25, 0.3) is 0 Å². The van der Waals surface area contributed by atoms with Crippen LogP contribution in [-0.4, -0.2) is 118 Å². The van der Waals surface area contributed by atoms with E-state index in [0.717, 1.165) is 59.1 Å². The third-order valence-electron chi connectivity index (χ3n) is 10.3. The number of benzene rings is 2. The minimum atomic E-state index is 0.738. The summed E-state index contributed by atoms with van der Waals surface area (Å²) < 4.78 is 3.66. The number of nitrogen functional groups attached to an aromatic ring is 2. The second kappa shape index (κ2) is 11.8. The van der Waals surface area contributed by atoms with Crippen LogP contribution in [0.4, 0.5) is 22.7 Å². The van der Waals surface area contributed by atoms with Crippen molar-refractivity contribution in [3.63, 3.8) is 0 Å². The van der Waals surface area contributed by atoms with Crippen LogP contribution < -0.4 is 22.3 Å². The lowest BCUT2D eigenvalue weighted by atomic mass is 10.0. The van der Waals surface area contributed by atoms with E-state index < -0.39 is 0 Å². The van der Waals surface area contributed by atoms with Gasteiger partial charge in [-0.25, -0.2) is 0 Å². The summed E-state index contributed by atoms with van der Waals surface area (Å²) >= 11 is 0. The van der Waals surface area contributed by atoms with Crippen LogP contribution in [0.2, 0.25) is 0 Å². The van der Waals surface area contributed by atoms with Crippen LogP contribution in [0.1, 0.15) is 30.4 Å². The lowest BCUT2D eigenvalue weighted by Gasteiger charge is -2.54. The number of quaternary nitrogens is 3. The Morgan fingerprint density at radius 3 is 2.30 bits per heavy atom. The summed E-state index contributed by atoms with van der Waals surface area (Å²) in [4.78, 5) is 2.62. The molecule has 2 bridgehead atoms. The van der Waals surface area contributed by atoms with Gasteiger partial charge in [0.05, 0.1) is 52.7 Å². The van der Waals surface area contributed by atoms with Gasteiger partial charge in [-0.3, -0.25) is 4.90 Å². The number of hydrogen-bond donors (Lipinski definition) is 4. The Kier molecular flexibility index (Phi) is 8.53. The second-order valence-electron chi connectivity index (χ2n) is 14.2. The van der Waals surface area contributed by atoms with E-state index in [4.69, 9.17) is 11.5 Å². The van der Waals surface area contributed by atoms with Gasteiger partial charge in [0, 0.05) is 30.8 Å². The van der Waals surface area contributed by atoms with Crippen LogP contribution in [0, 0.1) is 0 Å². The largest absolute Gasteiger partial charge is 0.399 e. The lowest BCUT2D eigenvalue weighted by Crippen LogP contribution is -2.73. The molecule has 0 spiro atoms. The number of anilines is 4. The fourth-order valence-electron chi connectivity index (χ4n) is 7.09. The Hall–Kier alpha value is -2.52. The first-order valence-corrected chi connectivity index (χ1v) is 15.5. The first-order chi connectivity index (χ1) is 19.0. The summed E-state index contributed by atoms with van der Waals surface area (Å²) in [6.07, 6.45) is 5.66. The van der Waals surface area contributed by atoms with Crippen molar-refractivity contribution in [1.82, 2.24) is 4.90 Å². The van der Waals surface area contributed by atoms with E-state index in [9.17, 15) is 0 Å². The fraction of sp³-hybridized carbons (Fsp3) is 0.625. The minimum absolute atomic E-state index is 0.738. The van der Waals surface area contributed by atoms with Crippen LogP contribution in [-0.2, 0) is 12.8 Å². The fourth-order valence-corrected chi connectivity index (χ4v) is 7.09. The predicted octanol–water partition coefficient (Wildman–Crippen LogP) is 3.23. The van der Waals surface area contributed by atoms with Crippen LogP contribution in [0.15, 0.2) is 36.4 Å². The number of fused-ring (bicyclic) bond motifs is 3. The van der Waals surface area contributed by atoms with E-state index in [1.54, 1.807) is 0 Å². The van der Waals surface area contributed by atoms with Crippen LogP contribution in [0.5, 0.6) is 0 Å². The van der Waals surface area contributed by atoms with Crippen molar-refractivity contribution >= 4 is 22.7 Å². The van der Waals surface area contributed by atoms with Crippen molar-refractivity contribution in [3.05, 3.63) is 47.5 Å². The van der Waals surface area contributed by atoms with Crippen molar-refractivity contribution < 1.29 is 13.4 Å². The maximum atomic E-state index is 6.41. The molecule has 2 aromatic carbocycles. The molecule has 40 heavy (non-hydrogen) atoms. The number of rotatable bonds is 12. The Morgan fingerprint density at radius 2 is 1.60 bits per heavy atom. The quantitative estimate of drug-likeness (QED) is 0.185. The van der Waals surface area contributed by atoms with Crippen molar-refractivity contribution in [2.75, 3.05) is 116 Å². The molecule has 0 aliphatic carbocycles. The highest BCUT2D eigenvalue weighted by Gasteiger charge is 2.46.